The standard InChI is InChI=1S/C20H19F6N3S/c21-19(22,23)14-8-15(20(24,25)26)10-17(9-14)28-18(30)27-16-6-7-29(12-16)11-13-4-2-1-3-5-13/h1-5,8-10,16H,6-7,11-12H2,(H2,27,28,30)/t16-/m0/s1. The summed E-state index contributed by atoms with van der Waals surface area (Å²) in [6, 6.07) is 11.1. The first-order chi connectivity index (χ1) is 14.0. The van der Waals surface area contributed by atoms with Crippen molar-refractivity contribution in [3.8, 4) is 0 Å². The Bertz CT molecular complexity index is 850. The fourth-order valence-corrected chi connectivity index (χ4v) is 3.60. The summed E-state index contributed by atoms with van der Waals surface area (Å²) in [4.78, 5) is 2.20. The van der Waals surface area contributed by atoms with Crippen molar-refractivity contribution in [1.29, 1.82) is 0 Å². The van der Waals surface area contributed by atoms with E-state index in [-0.39, 0.29) is 22.9 Å². The number of thiocarbonyl (C=S) groups is 1. The molecule has 0 amide bonds. The average Bonchev–Trinajstić information content (AvgIpc) is 3.07. The highest BCUT2D eigenvalue weighted by Gasteiger charge is 2.37. The number of halogens is 6. The van der Waals surface area contributed by atoms with Crippen LogP contribution < -0.4 is 10.6 Å². The molecule has 0 aromatic heterocycles. The first-order valence-electron chi connectivity index (χ1n) is 9.14. The molecule has 162 valence electrons. The smallest absolute Gasteiger partial charge is 0.358 e. The van der Waals surface area contributed by atoms with E-state index in [1.165, 1.54) is 0 Å². The molecule has 1 saturated heterocycles. The molecule has 30 heavy (non-hydrogen) atoms. The Hall–Kier alpha value is -2.33. The number of nitrogens with one attached hydrogen (secondary N) is 2. The molecule has 3 rings (SSSR count). The van der Waals surface area contributed by atoms with Crippen molar-refractivity contribution >= 4 is 23.0 Å². The minimum atomic E-state index is -4.91. The van der Waals surface area contributed by atoms with E-state index in [4.69, 9.17) is 12.2 Å². The third-order valence-corrected chi connectivity index (χ3v) is 4.92. The van der Waals surface area contributed by atoms with Crippen LogP contribution in [0.15, 0.2) is 48.5 Å². The van der Waals surface area contributed by atoms with Crippen LogP contribution in [0, 0.1) is 0 Å². The Morgan fingerprint density at radius 1 is 0.967 bits per heavy atom. The molecule has 0 saturated carbocycles. The van der Waals surface area contributed by atoms with Crippen molar-refractivity contribution in [2.45, 2.75) is 31.4 Å². The number of hydrogen-bond acceptors (Lipinski definition) is 2. The van der Waals surface area contributed by atoms with Gasteiger partial charge in [-0.2, -0.15) is 26.3 Å². The molecule has 0 spiro atoms. The Kier molecular flexibility index (Phi) is 6.56. The zero-order chi connectivity index (χ0) is 21.9. The first kappa shape index (κ1) is 22.4. The van der Waals surface area contributed by atoms with Crippen molar-refractivity contribution in [3.05, 3.63) is 65.2 Å². The van der Waals surface area contributed by atoms with Gasteiger partial charge in [0, 0.05) is 31.4 Å². The highest BCUT2D eigenvalue weighted by atomic mass is 32.1. The lowest BCUT2D eigenvalue weighted by molar-refractivity contribution is -0.143. The Labute approximate surface area is 175 Å². The SMILES string of the molecule is FC(F)(F)c1cc(NC(=S)N[C@H]2CCN(Cc3ccccc3)C2)cc(C(F)(F)F)c1. The summed E-state index contributed by atoms with van der Waals surface area (Å²) in [7, 11) is 0. The van der Waals surface area contributed by atoms with Crippen LogP contribution in [0.1, 0.15) is 23.1 Å². The van der Waals surface area contributed by atoms with Gasteiger partial charge in [-0.1, -0.05) is 30.3 Å². The maximum Gasteiger partial charge on any atom is 0.416 e. The number of hydrogen-bond donors (Lipinski definition) is 2. The normalized spacial score (nSPS) is 17.7. The van der Waals surface area contributed by atoms with E-state index in [0.717, 1.165) is 25.1 Å². The van der Waals surface area contributed by atoms with E-state index in [2.05, 4.69) is 15.5 Å². The van der Waals surface area contributed by atoms with Crippen molar-refractivity contribution in [1.82, 2.24) is 10.2 Å². The maximum absolute atomic E-state index is 13.0. The number of likely N-dealkylation sites (tertiary alicyclic amines) is 1. The van der Waals surface area contributed by atoms with Gasteiger partial charge < -0.3 is 10.6 Å². The fraction of sp³-hybridized carbons (Fsp3) is 0.350. The van der Waals surface area contributed by atoms with Crippen molar-refractivity contribution in [2.75, 3.05) is 18.4 Å². The van der Waals surface area contributed by atoms with E-state index in [1.54, 1.807) is 0 Å². The molecule has 1 atom stereocenters. The van der Waals surface area contributed by atoms with Crippen molar-refractivity contribution in [3.63, 3.8) is 0 Å². The lowest BCUT2D eigenvalue weighted by Crippen LogP contribution is -2.39. The highest BCUT2D eigenvalue weighted by molar-refractivity contribution is 7.80. The molecular formula is C20H19F6N3S. The fourth-order valence-electron chi connectivity index (χ4n) is 3.32. The molecule has 2 aromatic carbocycles. The van der Waals surface area contributed by atoms with E-state index in [1.807, 2.05) is 30.3 Å². The summed E-state index contributed by atoms with van der Waals surface area (Å²) in [6.45, 7) is 2.21. The third-order valence-electron chi connectivity index (χ3n) is 4.70. The van der Waals surface area contributed by atoms with E-state index < -0.39 is 23.5 Å². The molecule has 1 heterocycles. The predicted molar refractivity (Wildman–Crippen MR) is 106 cm³/mol. The number of anilines is 1. The number of benzene rings is 2. The van der Waals surface area contributed by atoms with Crippen LogP contribution in [0.3, 0.4) is 0 Å². The summed E-state index contributed by atoms with van der Waals surface area (Å²) >= 11 is 5.11. The van der Waals surface area contributed by atoms with Gasteiger partial charge >= 0.3 is 12.4 Å². The summed E-state index contributed by atoms with van der Waals surface area (Å²) in [5, 5.41) is 5.42. The van der Waals surface area contributed by atoms with Gasteiger partial charge in [-0.15, -0.1) is 0 Å². The zero-order valence-corrected chi connectivity index (χ0v) is 16.5. The van der Waals surface area contributed by atoms with Gasteiger partial charge in [0.1, 0.15) is 0 Å². The van der Waals surface area contributed by atoms with E-state index in [9.17, 15) is 26.3 Å². The van der Waals surface area contributed by atoms with Gasteiger partial charge in [0.25, 0.3) is 0 Å². The summed E-state index contributed by atoms with van der Waals surface area (Å²) in [5.74, 6) is 0. The predicted octanol–water partition coefficient (Wildman–Crippen LogP) is 5.29. The minimum absolute atomic E-state index is 0.0194. The number of alkyl halides is 6. The third kappa shape index (κ3) is 6.09. The number of nitrogens with zero attached hydrogens (tertiary/aromatic N) is 1. The highest BCUT2D eigenvalue weighted by Crippen LogP contribution is 2.37. The topological polar surface area (TPSA) is 27.3 Å². The molecule has 2 aromatic rings. The van der Waals surface area contributed by atoms with E-state index >= 15 is 0 Å². The molecule has 0 unspecified atom stereocenters. The molecule has 1 fully saturated rings. The lowest BCUT2D eigenvalue weighted by Gasteiger charge is -2.19. The van der Waals surface area contributed by atoms with Crippen molar-refractivity contribution < 1.29 is 26.3 Å². The Balaban J connectivity index is 1.62. The average molecular weight is 447 g/mol. The van der Waals surface area contributed by atoms with Gasteiger partial charge in [-0.3, -0.25) is 4.90 Å². The second kappa shape index (κ2) is 8.81. The minimum Gasteiger partial charge on any atom is -0.358 e. The summed E-state index contributed by atoms with van der Waals surface area (Å²) < 4.78 is 77.8. The molecule has 1 aliphatic rings. The second-order valence-corrected chi connectivity index (χ2v) is 7.51. The molecule has 10 heteroatoms. The molecule has 0 bridgehead atoms. The van der Waals surface area contributed by atoms with E-state index in [0.29, 0.717) is 18.7 Å². The molecule has 1 aliphatic heterocycles. The van der Waals surface area contributed by atoms with Gasteiger partial charge in [0.15, 0.2) is 5.11 Å². The molecule has 0 aliphatic carbocycles. The summed E-state index contributed by atoms with van der Waals surface area (Å²) in [6.07, 6.45) is -9.06. The lowest BCUT2D eigenvalue weighted by atomic mass is 10.1. The molecular weight excluding hydrogens is 428 g/mol. The van der Waals surface area contributed by atoms with Gasteiger partial charge in [0.2, 0.25) is 0 Å². The Morgan fingerprint density at radius 2 is 1.57 bits per heavy atom. The second-order valence-electron chi connectivity index (χ2n) is 7.10. The van der Waals surface area contributed by atoms with Crippen LogP contribution in [-0.2, 0) is 18.9 Å². The molecule has 3 nitrogen and oxygen atoms in total. The maximum atomic E-state index is 13.0. The van der Waals surface area contributed by atoms with Crippen LogP contribution >= 0.6 is 12.2 Å². The van der Waals surface area contributed by atoms with Crippen LogP contribution in [0.2, 0.25) is 0 Å². The summed E-state index contributed by atoms with van der Waals surface area (Å²) in [5.41, 5.74) is -1.99. The molecule has 0 radical (unpaired) electrons. The van der Waals surface area contributed by atoms with Gasteiger partial charge in [-0.25, -0.2) is 0 Å². The van der Waals surface area contributed by atoms with Crippen LogP contribution in [-0.4, -0.2) is 29.1 Å². The van der Waals surface area contributed by atoms with Crippen LogP contribution in [0.4, 0.5) is 32.0 Å². The number of rotatable bonds is 4. The largest absolute Gasteiger partial charge is 0.416 e. The van der Waals surface area contributed by atoms with Crippen LogP contribution in [0.25, 0.3) is 0 Å². The monoisotopic (exact) mass is 447 g/mol. The first-order valence-corrected chi connectivity index (χ1v) is 9.55. The van der Waals surface area contributed by atoms with Gasteiger partial charge in [-0.05, 0) is 42.4 Å². The quantitative estimate of drug-likeness (QED) is 0.492. The van der Waals surface area contributed by atoms with Gasteiger partial charge in [0.05, 0.1) is 11.1 Å². The molecule has 2 N–H and O–H groups in total. The Morgan fingerprint density at radius 3 is 2.13 bits per heavy atom. The zero-order valence-electron chi connectivity index (χ0n) is 15.6. The van der Waals surface area contributed by atoms with Crippen molar-refractivity contribution in [2.24, 2.45) is 0 Å². The van der Waals surface area contributed by atoms with Crippen LogP contribution in [0.5, 0.6) is 0 Å².